The lowest BCUT2D eigenvalue weighted by Crippen LogP contribution is -2.32. The first-order valence-electron chi connectivity index (χ1n) is 5.25. The molecule has 0 aromatic rings. The lowest BCUT2D eigenvalue weighted by atomic mass is 9.94. The average molecular weight is 295 g/mol. The van der Waals surface area contributed by atoms with Crippen LogP contribution in [-0.4, -0.2) is 46.1 Å². The van der Waals surface area contributed by atoms with E-state index in [-0.39, 0.29) is 11.6 Å². The quantitative estimate of drug-likeness (QED) is 0.841. The van der Waals surface area contributed by atoms with Crippen LogP contribution in [0.4, 0.5) is 13.2 Å². The highest BCUT2D eigenvalue weighted by molar-refractivity contribution is 8.03. The molecule has 2 heterocycles. The summed E-state index contributed by atoms with van der Waals surface area (Å²) >= 11 is 0.971. The summed E-state index contributed by atoms with van der Waals surface area (Å²) in [6, 6.07) is 0. The topological polar surface area (TPSA) is 74.7 Å². The Balaban J connectivity index is 2.44. The molecule has 2 aliphatic rings. The maximum Gasteiger partial charge on any atom is 0.454 e. The van der Waals surface area contributed by atoms with E-state index in [1.165, 1.54) is 0 Å². The number of rotatable bonds is 3. The zero-order valence-electron chi connectivity index (χ0n) is 9.36. The highest BCUT2D eigenvalue weighted by Crippen LogP contribution is 2.44. The van der Waals surface area contributed by atoms with Gasteiger partial charge in [-0.05, 0) is 0 Å². The first kappa shape index (κ1) is 13.9. The van der Waals surface area contributed by atoms with Crippen molar-refractivity contribution in [2.75, 3.05) is 12.3 Å². The number of amides is 1. The number of carbonyl (C=O) groups is 3. The zero-order valence-corrected chi connectivity index (χ0v) is 10.2. The van der Waals surface area contributed by atoms with E-state index < -0.39 is 41.7 Å². The molecule has 2 aliphatic heterocycles. The van der Waals surface area contributed by atoms with Crippen LogP contribution in [0.15, 0.2) is 10.6 Å². The number of fused-ring (bicyclic) bond motifs is 1. The molecular weight excluding hydrogens is 287 g/mol. The van der Waals surface area contributed by atoms with Crippen LogP contribution in [0, 0.1) is 5.92 Å². The number of hydrogen-bond donors (Lipinski definition) is 1. The number of carboxylic acid groups (broad SMARTS) is 1. The molecule has 1 fully saturated rings. The van der Waals surface area contributed by atoms with Crippen LogP contribution in [-0.2, 0) is 14.4 Å². The predicted molar refractivity (Wildman–Crippen MR) is 58.0 cm³/mol. The van der Waals surface area contributed by atoms with E-state index in [0.717, 1.165) is 16.7 Å². The molecule has 5 nitrogen and oxygen atoms in total. The van der Waals surface area contributed by atoms with E-state index in [1.54, 1.807) is 0 Å². The number of carbonyl (C=O) groups excluding carboxylic acids is 2. The molecule has 2 rings (SSSR count). The van der Waals surface area contributed by atoms with E-state index >= 15 is 0 Å². The molecule has 1 saturated heterocycles. The van der Waals surface area contributed by atoms with Crippen LogP contribution in [0.5, 0.6) is 0 Å². The van der Waals surface area contributed by atoms with Gasteiger partial charge in [0.2, 0.25) is 5.91 Å². The van der Waals surface area contributed by atoms with E-state index in [9.17, 15) is 27.6 Å². The highest BCUT2D eigenvalue weighted by Gasteiger charge is 2.52. The molecule has 0 saturated carbocycles. The van der Waals surface area contributed by atoms with Crippen molar-refractivity contribution < 1.29 is 32.7 Å². The minimum atomic E-state index is -5.11. The third kappa shape index (κ3) is 2.34. The van der Waals surface area contributed by atoms with Crippen LogP contribution in [0.1, 0.15) is 6.42 Å². The predicted octanol–water partition coefficient (Wildman–Crippen LogP) is 1.01. The van der Waals surface area contributed by atoms with Gasteiger partial charge in [0.15, 0.2) is 0 Å². The molecule has 0 bridgehead atoms. The van der Waals surface area contributed by atoms with Crippen LogP contribution in [0.3, 0.4) is 0 Å². The molecule has 0 spiro atoms. The Morgan fingerprint density at radius 2 is 2.05 bits per heavy atom. The number of nitrogens with zero attached hydrogens (tertiary/aromatic N) is 1. The average Bonchev–Trinajstić information content (AvgIpc) is 2.81. The van der Waals surface area contributed by atoms with Gasteiger partial charge in [-0.3, -0.25) is 14.4 Å². The van der Waals surface area contributed by atoms with E-state index in [2.05, 4.69) is 0 Å². The number of alkyl halides is 3. The number of carboxylic acids is 1. The Labute approximate surface area is 109 Å². The summed E-state index contributed by atoms with van der Waals surface area (Å²) in [6.45, 7) is 0.198. The summed E-state index contributed by atoms with van der Waals surface area (Å²) in [7, 11) is 0. The van der Waals surface area contributed by atoms with Crippen LogP contribution < -0.4 is 0 Å². The summed E-state index contributed by atoms with van der Waals surface area (Å²) in [5, 5.41) is 8.62. The van der Waals surface area contributed by atoms with Crippen molar-refractivity contribution in [2.45, 2.75) is 12.6 Å². The summed E-state index contributed by atoms with van der Waals surface area (Å²) < 4.78 is 37.6. The lowest BCUT2D eigenvalue weighted by molar-refractivity contribution is -0.167. The molecule has 1 atom stereocenters. The SMILES string of the molecule is O=C(O)C[C@H]1C(=O)N2CCSC2=C1C(=O)C(F)(F)F. The summed E-state index contributed by atoms with van der Waals surface area (Å²) in [5.41, 5.74) is -0.720. The number of thioether (sulfide) groups is 1. The molecular formula is C10H8F3NO4S. The fraction of sp³-hybridized carbons (Fsp3) is 0.500. The number of hydrogen-bond acceptors (Lipinski definition) is 4. The highest BCUT2D eigenvalue weighted by atomic mass is 32.2. The summed E-state index contributed by atoms with van der Waals surface area (Å²) in [4.78, 5) is 34.9. The minimum Gasteiger partial charge on any atom is -0.481 e. The van der Waals surface area contributed by atoms with Gasteiger partial charge in [-0.25, -0.2) is 0 Å². The zero-order chi connectivity index (χ0) is 14.4. The monoisotopic (exact) mass is 295 g/mol. The van der Waals surface area contributed by atoms with Crippen LogP contribution in [0.25, 0.3) is 0 Å². The maximum atomic E-state index is 12.5. The van der Waals surface area contributed by atoms with Crippen LogP contribution in [0.2, 0.25) is 0 Å². The van der Waals surface area contributed by atoms with E-state index in [1.807, 2.05) is 0 Å². The number of Topliss-reactive ketones (excluding diaryl/α,β-unsaturated/α-hetero) is 1. The van der Waals surface area contributed by atoms with Gasteiger partial charge in [-0.1, -0.05) is 0 Å². The smallest absolute Gasteiger partial charge is 0.454 e. The number of aliphatic carboxylic acids is 1. The molecule has 19 heavy (non-hydrogen) atoms. The summed E-state index contributed by atoms with van der Waals surface area (Å²) in [6.07, 6.45) is -5.92. The van der Waals surface area contributed by atoms with Gasteiger partial charge < -0.3 is 10.0 Å². The minimum absolute atomic E-state index is 0.0430. The standard InChI is InChI=1S/C10H8F3NO4S/c11-10(12,13)7(17)6-4(3-5(15)16)8(18)14-1-2-19-9(6)14/h4H,1-3H2,(H,15,16)/t4-/m1/s1. The van der Waals surface area contributed by atoms with Crippen LogP contribution >= 0.6 is 11.8 Å². The molecule has 1 amide bonds. The third-order valence-electron chi connectivity index (χ3n) is 2.82. The lowest BCUT2D eigenvalue weighted by Gasteiger charge is -2.13. The molecule has 0 radical (unpaired) electrons. The van der Waals surface area contributed by atoms with Crippen molar-refractivity contribution in [2.24, 2.45) is 5.92 Å². The Morgan fingerprint density at radius 1 is 1.42 bits per heavy atom. The number of ketones is 1. The van der Waals surface area contributed by atoms with Crippen molar-refractivity contribution in [3.05, 3.63) is 10.6 Å². The Morgan fingerprint density at radius 3 is 2.58 bits per heavy atom. The van der Waals surface area contributed by atoms with Crippen molar-refractivity contribution in [1.82, 2.24) is 4.90 Å². The van der Waals surface area contributed by atoms with Gasteiger partial charge in [-0.2, -0.15) is 13.2 Å². The van der Waals surface area contributed by atoms with Gasteiger partial charge in [0.05, 0.1) is 17.4 Å². The molecule has 0 aliphatic carbocycles. The fourth-order valence-corrected chi connectivity index (χ4v) is 3.27. The summed E-state index contributed by atoms with van der Waals surface area (Å²) in [5.74, 6) is -5.42. The van der Waals surface area contributed by atoms with Gasteiger partial charge in [-0.15, -0.1) is 11.8 Å². The normalized spacial score (nSPS) is 23.0. The molecule has 1 N–H and O–H groups in total. The Hall–Kier alpha value is -1.51. The molecule has 0 aromatic heterocycles. The number of halogens is 3. The van der Waals surface area contributed by atoms with E-state index in [4.69, 9.17) is 5.11 Å². The molecule has 0 unspecified atom stereocenters. The first-order valence-corrected chi connectivity index (χ1v) is 6.23. The van der Waals surface area contributed by atoms with E-state index in [0.29, 0.717) is 5.75 Å². The molecule has 104 valence electrons. The third-order valence-corrected chi connectivity index (χ3v) is 3.92. The molecule has 9 heteroatoms. The van der Waals surface area contributed by atoms with Gasteiger partial charge >= 0.3 is 12.1 Å². The second kappa shape index (κ2) is 4.55. The first-order chi connectivity index (χ1) is 8.73. The van der Waals surface area contributed by atoms with Gasteiger partial charge in [0.1, 0.15) is 0 Å². The second-order valence-corrected chi connectivity index (χ2v) is 5.12. The Bertz CT molecular complexity index is 499. The molecule has 0 aromatic carbocycles. The van der Waals surface area contributed by atoms with Gasteiger partial charge in [0.25, 0.3) is 5.78 Å². The largest absolute Gasteiger partial charge is 0.481 e. The van der Waals surface area contributed by atoms with Crippen molar-refractivity contribution in [1.29, 1.82) is 0 Å². The Kier molecular flexibility index (Phi) is 3.33. The van der Waals surface area contributed by atoms with Crippen molar-refractivity contribution >= 4 is 29.4 Å². The van der Waals surface area contributed by atoms with Gasteiger partial charge in [0, 0.05) is 17.9 Å². The fourth-order valence-electron chi connectivity index (χ4n) is 2.08. The maximum absolute atomic E-state index is 12.5. The second-order valence-electron chi connectivity index (χ2n) is 4.03. The van der Waals surface area contributed by atoms with Crippen molar-refractivity contribution in [3.8, 4) is 0 Å². The van der Waals surface area contributed by atoms with Crippen molar-refractivity contribution in [3.63, 3.8) is 0 Å².